The van der Waals surface area contributed by atoms with Crippen molar-refractivity contribution < 1.29 is 0 Å². The highest BCUT2D eigenvalue weighted by Crippen LogP contribution is 2.71. The van der Waals surface area contributed by atoms with Crippen LogP contribution < -0.4 is 4.90 Å². The minimum absolute atomic E-state index is 0.0316. The van der Waals surface area contributed by atoms with Crippen LogP contribution in [0.25, 0.3) is 55.1 Å². The second-order valence-electron chi connectivity index (χ2n) is 16.7. The summed E-state index contributed by atoms with van der Waals surface area (Å²) in [7, 11) is 0. The van der Waals surface area contributed by atoms with Gasteiger partial charge in [-0.15, -0.1) is 0 Å². The Labute approximate surface area is 323 Å². The quantitative estimate of drug-likeness (QED) is 0.177. The minimum Gasteiger partial charge on any atom is -0.310 e. The minimum atomic E-state index is 0.0316. The molecule has 0 aliphatic heterocycles. The third kappa shape index (κ3) is 4.52. The maximum absolute atomic E-state index is 4.72. The van der Waals surface area contributed by atoms with Gasteiger partial charge in [0, 0.05) is 28.1 Å². The molecule has 2 nitrogen and oxygen atoms in total. The van der Waals surface area contributed by atoms with Gasteiger partial charge in [-0.3, -0.25) is 4.98 Å². The average molecular weight is 707 g/mol. The van der Waals surface area contributed by atoms with Crippen LogP contribution in [-0.4, -0.2) is 4.98 Å². The Morgan fingerprint density at radius 1 is 0.436 bits per heavy atom. The molecule has 5 aliphatic rings. The van der Waals surface area contributed by atoms with E-state index in [0.29, 0.717) is 11.8 Å². The molecule has 4 bridgehead atoms. The molecule has 0 saturated heterocycles. The number of fused-ring (bicyclic) bond motifs is 5. The van der Waals surface area contributed by atoms with Crippen molar-refractivity contribution in [3.05, 3.63) is 181 Å². The summed E-state index contributed by atoms with van der Waals surface area (Å²) in [6.45, 7) is 0. The van der Waals surface area contributed by atoms with Crippen LogP contribution in [0.4, 0.5) is 17.1 Å². The zero-order valence-electron chi connectivity index (χ0n) is 30.9. The van der Waals surface area contributed by atoms with E-state index in [4.69, 9.17) is 4.98 Å². The fourth-order valence-electron chi connectivity index (χ4n) is 12.3. The van der Waals surface area contributed by atoms with Crippen LogP contribution in [0.3, 0.4) is 0 Å². The van der Waals surface area contributed by atoms with Gasteiger partial charge in [0.15, 0.2) is 0 Å². The molecule has 0 amide bonds. The van der Waals surface area contributed by atoms with Gasteiger partial charge in [0.2, 0.25) is 0 Å². The second kappa shape index (κ2) is 12.0. The van der Waals surface area contributed by atoms with Crippen molar-refractivity contribution >= 4 is 38.7 Å². The Balaban J connectivity index is 1.12. The molecule has 13 rings (SSSR count). The maximum Gasteiger partial charge on any atom is 0.0708 e. The number of benzene rings is 7. The topological polar surface area (TPSA) is 16.1 Å². The lowest BCUT2D eigenvalue weighted by molar-refractivity contribution is -0.0397. The monoisotopic (exact) mass is 706 g/mol. The highest BCUT2D eigenvalue weighted by Gasteiger charge is 2.62. The molecule has 0 N–H and O–H groups in total. The largest absolute Gasteiger partial charge is 0.310 e. The first kappa shape index (κ1) is 31.4. The van der Waals surface area contributed by atoms with Crippen LogP contribution in [0.15, 0.2) is 170 Å². The number of aromatic nitrogens is 1. The van der Waals surface area contributed by atoms with Crippen molar-refractivity contribution in [2.45, 2.75) is 37.5 Å². The molecule has 7 aromatic carbocycles. The summed E-state index contributed by atoms with van der Waals surface area (Å²) in [6.07, 6.45) is 8.84. The number of hydrogen-bond acceptors (Lipinski definition) is 2. The zero-order valence-corrected chi connectivity index (χ0v) is 30.9. The summed E-state index contributed by atoms with van der Waals surface area (Å²) in [5.74, 6) is 3.13. The predicted octanol–water partition coefficient (Wildman–Crippen LogP) is 13.9. The molecule has 0 unspecified atom stereocenters. The second-order valence-corrected chi connectivity index (χ2v) is 16.7. The summed E-state index contributed by atoms with van der Waals surface area (Å²) in [5.41, 5.74) is 15.8. The molecule has 4 saturated carbocycles. The normalized spacial score (nSPS) is 23.0. The Morgan fingerprint density at radius 3 is 1.87 bits per heavy atom. The first-order valence-electron chi connectivity index (χ1n) is 20.3. The highest BCUT2D eigenvalue weighted by molar-refractivity contribution is 6.10. The fourth-order valence-corrected chi connectivity index (χ4v) is 12.3. The SMILES string of the molecule is c1ccc(-c2ccc(N(c3cccc4c3C3(c5ccccc5-4)C4CC5CC(C4)CC3C5)c3ccc(-c4ccnc5ccccc45)c4ccccc34)cc2)cc1. The Kier molecular flexibility index (Phi) is 6.85. The summed E-state index contributed by atoms with van der Waals surface area (Å²) in [6, 6.07) is 61.3. The van der Waals surface area contributed by atoms with Gasteiger partial charge in [-0.2, -0.15) is 0 Å². The van der Waals surface area contributed by atoms with Gasteiger partial charge in [-0.05, 0) is 142 Å². The Bertz CT molecular complexity index is 2750. The van der Waals surface area contributed by atoms with Gasteiger partial charge < -0.3 is 4.90 Å². The van der Waals surface area contributed by atoms with Crippen molar-refractivity contribution in [1.82, 2.24) is 4.98 Å². The van der Waals surface area contributed by atoms with E-state index >= 15 is 0 Å². The summed E-state index contributed by atoms with van der Waals surface area (Å²) >= 11 is 0. The first-order valence-corrected chi connectivity index (χ1v) is 20.3. The van der Waals surface area contributed by atoms with Crippen molar-refractivity contribution in [3.63, 3.8) is 0 Å². The van der Waals surface area contributed by atoms with Crippen LogP contribution in [0.5, 0.6) is 0 Å². The number of para-hydroxylation sites is 1. The molecule has 1 aromatic heterocycles. The molecule has 5 aliphatic carbocycles. The van der Waals surface area contributed by atoms with Gasteiger partial charge in [-0.1, -0.05) is 127 Å². The van der Waals surface area contributed by atoms with Crippen molar-refractivity contribution in [3.8, 4) is 33.4 Å². The van der Waals surface area contributed by atoms with E-state index in [1.54, 1.807) is 11.1 Å². The molecule has 1 spiro atoms. The van der Waals surface area contributed by atoms with Crippen molar-refractivity contribution in [2.24, 2.45) is 23.7 Å². The van der Waals surface area contributed by atoms with Gasteiger partial charge >= 0.3 is 0 Å². The predicted molar refractivity (Wildman–Crippen MR) is 228 cm³/mol. The maximum atomic E-state index is 4.72. The summed E-state index contributed by atoms with van der Waals surface area (Å²) in [4.78, 5) is 7.34. The number of anilines is 3. The molecular weight excluding hydrogens is 665 g/mol. The standard InChI is InChI=1S/C53H42N2/c1-2-11-36(12-3-1)37-21-23-40(24-22-37)55(50-26-25-42(41-13-4-5-16-46(41)50)43-27-28-54-49-19-9-7-15-45(43)49)51-20-10-17-47-44-14-6-8-18-48(44)53(52(47)51)38-30-34-29-35(32-38)33-39(53)31-34/h1-28,34-35,38-39H,29-33H2. The zero-order chi connectivity index (χ0) is 36.1. The van der Waals surface area contributed by atoms with Crippen molar-refractivity contribution in [2.75, 3.05) is 4.90 Å². The first-order chi connectivity index (χ1) is 27.3. The lowest BCUT2D eigenvalue weighted by Gasteiger charge is -2.61. The molecule has 4 fully saturated rings. The number of pyridine rings is 1. The molecule has 264 valence electrons. The number of hydrogen-bond donors (Lipinski definition) is 0. The molecular formula is C53H42N2. The molecule has 2 heteroatoms. The third-order valence-electron chi connectivity index (χ3n) is 14.1. The van der Waals surface area contributed by atoms with Gasteiger partial charge in [0.1, 0.15) is 0 Å². The lowest BCUT2D eigenvalue weighted by Crippen LogP contribution is -2.55. The van der Waals surface area contributed by atoms with E-state index < -0.39 is 0 Å². The van der Waals surface area contributed by atoms with Crippen LogP contribution in [0, 0.1) is 23.7 Å². The van der Waals surface area contributed by atoms with Gasteiger partial charge in [-0.25, -0.2) is 0 Å². The van der Waals surface area contributed by atoms with Crippen LogP contribution in [0.2, 0.25) is 0 Å². The van der Waals surface area contributed by atoms with E-state index in [2.05, 4.69) is 169 Å². The van der Waals surface area contributed by atoms with E-state index in [1.165, 1.54) is 98.7 Å². The smallest absolute Gasteiger partial charge is 0.0708 e. The lowest BCUT2D eigenvalue weighted by atomic mass is 9.43. The van der Waals surface area contributed by atoms with E-state index in [9.17, 15) is 0 Å². The molecule has 8 aromatic rings. The van der Waals surface area contributed by atoms with Crippen LogP contribution in [0.1, 0.15) is 43.2 Å². The third-order valence-corrected chi connectivity index (χ3v) is 14.1. The molecule has 1 heterocycles. The van der Waals surface area contributed by atoms with E-state index in [0.717, 1.165) is 17.4 Å². The van der Waals surface area contributed by atoms with Gasteiger partial charge in [0.25, 0.3) is 0 Å². The molecule has 55 heavy (non-hydrogen) atoms. The highest BCUT2D eigenvalue weighted by atomic mass is 15.1. The number of nitrogens with zero attached hydrogens (tertiary/aromatic N) is 2. The fraction of sp³-hybridized carbons (Fsp3) is 0.189. The van der Waals surface area contributed by atoms with Crippen LogP contribution in [-0.2, 0) is 5.41 Å². The summed E-state index contributed by atoms with van der Waals surface area (Å²) < 4.78 is 0. The van der Waals surface area contributed by atoms with Crippen molar-refractivity contribution in [1.29, 1.82) is 0 Å². The van der Waals surface area contributed by atoms with E-state index in [-0.39, 0.29) is 5.41 Å². The number of rotatable bonds is 5. The Hall–Kier alpha value is -5.99. The summed E-state index contributed by atoms with van der Waals surface area (Å²) in [5, 5.41) is 3.68. The van der Waals surface area contributed by atoms with Crippen LogP contribution >= 0.6 is 0 Å². The van der Waals surface area contributed by atoms with E-state index in [1.807, 2.05) is 6.20 Å². The average Bonchev–Trinajstić information content (AvgIpc) is 3.54. The molecule has 0 atom stereocenters. The molecule has 0 radical (unpaired) electrons. The Morgan fingerprint density at radius 2 is 1.07 bits per heavy atom. The van der Waals surface area contributed by atoms with Gasteiger partial charge in [0.05, 0.1) is 16.9 Å².